The Kier molecular flexibility index (Phi) is 4.52. The molecule has 38 heavy (non-hydrogen) atoms. The first-order chi connectivity index (χ1) is 18.9. The van der Waals surface area contributed by atoms with Crippen LogP contribution in [0.3, 0.4) is 0 Å². The van der Waals surface area contributed by atoms with Gasteiger partial charge in [-0.15, -0.1) is 0 Å². The van der Waals surface area contributed by atoms with Crippen LogP contribution in [0.2, 0.25) is 0 Å². The summed E-state index contributed by atoms with van der Waals surface area (Å²) in [6.07, 6.45) is 0. The first-order valence-electron chi connectivity index (χ1n) is 12.9. The zero-order valence-electron chi connectivity index (χ0n) is 20.6. The standard InChI is InChI=1S/C35H23N3/c1-2-11-24(12-3-1)26-14-10-15-27(23-26)37-33-22-21-25-13-4-5-16-28(25)34(33)29-17-6-8-19-31(29)38-32-20-9-7-18-30(32)36-35(37)38/h1-23H. The first-order valence-corrected chi connectivity index (χ1v) is 12.9. The van der Waals surface area contributed by atoms with E-state index >= 15 is 0 Å². The van der Waals surface area contributed by atoms with E-state index in [4.69, 9.17) is 4.98 Å². The number of nitrogens with zero attached hydrogens (tertiary/aromatic N) is 3. The number of benzene rings is 6. The van der Waals surface area contributed by atoms with Crippen molar-refractivity contribution in [2.75, 3.05) is 4.90 Å². The van der Waals surface area contributed by atoms with Gasteiger partial charge in [0.05, 0.1) is 22.4 Å². The number of hydrogen-bond donors (Lipinski definition) is 0. The van der Waals surface area contributed by atoms with E-state index in [0.717, 1.165) is 34.0 Å². The van der Waals surface area contributed by atoms with Crippen LogP contribution in [0.25, 0.3) is 49.7 Å². The second kappa shape index (κ2) is 8.19. The Hall–Kier alpha value is -5.15. The maximum Gasteiger partial charge on any atom is 0.220 e. The van der Waals surface area contributed by atoms with Crippen molar-refractivity contribution in [1.29, 1.82) is 0 Å². The Morgan fingerprint density at radius 3 is 2.24 bits per heavy atom. The molecule has 1 aromatic heterocycles. The van der Waals surface area contributed by atoms with E-state index in [0.29, 0.717) is 0 Å². The van der Waals surface area contributed by atoms with Crippen LogP contribution in [-0.4, -0.2) is 9.55 Å². The molecular formula is C35H23N3. The van der Waals surface area contributed by atoms with Gasteiger partial charge >= 0.3 is 0 Å². The molecule has 0 spiro atoms. The van der Waals surface area contributed by atoms with Gasteiger partial charge in [-0.3, -0.25) is 9.47 Å². The highest BCUT2D eigenvalue weighted by molar-refractivity contribution is 6.08. The molecule has 0 aliphatic carbocycles. The number of hydrogen-bond acceptors (Lipinski definition) is 2. The number of aromatic nitrogens is 2. The van der Waals surface area contributed by atoms with Crippen molar-refractivity contribution in [3.05, 3.63) is 140 Å². The van der Waals surface area contributed by atoms with Crippen LogP contribution in [0.5, 0.6) is 0 Å². The van der Waals surface area contributed by atoms with E-state index in [1.807, 2.05) is 0 Å². The van der Waals surface area contributed by atoms with Crippen LogP contribution in [0.1, 0.15) is 0 Å². The fraction of sp³-hybridized carbons (Fsp3) is 0. The summed E-state index contributed by atoms with van der Waals surface area (Å²) in [7, 11) is 0. The maximum atomic E-state index is 5.24. The van der Waals surface area contributed by atoms with Crippen molar-refractivity contribution in [3.8, 4) is 27.9 Å². The molecule has 0 N–H and O–H groups in total. The molecule has 178 valence electrons. The third-order valence-corrected chi connectivity index (χ3v) is 7.52. The normalized spacial score (nSPS) is 12.2. The predicted molar refractivity (Wildman–Crippen MR) is 158 cm³/mol. The smallest absolute Gasteiger partial charge is 0.220 e. The zero-order valence-corrected chi connectivity index (χ0v) is 20.6. The van der Waals surface area contributed by atoms with Gasteiger partial charge in [0.15, 0.2) is 0 Å². The lowest BCUT2D eigenvalue weighted by Gasteiger charge is -2.25. The summed E-state index contributed by atoms with van der Waals surface area (Å²) in [6.45, 7) is 0. The lowest BCUT2D eigenvalue weighted by Crippen LogP contribution is -2.14. The van der Waals surface area contributed by atoms with Crippen LogP contribution < -0.4 is 4.90 Å². The third kappa shape index (κ3) is 3.06. The Bertz CT molecular complexity index is 1980. The molecule has 0 amide bonds. The molecule has 1 aliphatic heterocycles. The summed E-state index contributed by atoms with van der Waals surface area (Å²) in [5.41, 5.74) is 10.2. The Labute approximate surface area is 220 Å². The second-order valence-corrected chi connectivity index (χ2v) is 9.69. The lowest BCUT2D eigenvalue weighted by atomic mass is 9.94. The molecule has 0 unspecified atom stereocenters. The average molecular weight is 486 g/mol. The Morgan fingerprint density at radius 1 is 0.526 bits per heavy atom. The van der Waals surface area contributed by atoms with Crippen LogP contribution in [0.15, 0.2) is 140 Å². The van der Waals surface area contributed by atoms with E-state index in [1.165, 1.54) is 33.0 Å². The van der Waals surface area contributed by atoms with Crippen molar-refractivity contribution in [1.82, 2.24) is 9.55 Å². The van der Waals surface area contributed by atoms with Gasteiger partial charge in [0.25, 0.3) is 0 Å². The molecule has 7 aromatic rings. The van der Waals surface area contributed by atoms with Crippen molar-refractivity contribution in [3.63, 3.8) is 0 Å². The van der Waals surface area contributed by atoms with Gasteiger partial charge in [-0.2, -0.15) is 0 Å². The van der Waals surface area contributed by atoms with Gasteiger partial charge in [0, 0.05) is 16.8 Å². The van der Waals surface area contributed by atoms with Gasteiger partial charge in [-0.05, 0) is 58.3 Å². The molecule has 6 aromatic carbocycles. The monoisotopic (exact) mass is 485 g/mol. The number of imidazole rings is 1. The van der Waals surface area contributed by atoms with E-state index in [9.17, 15) is 0 Å². The van der Waals surface area contributed by atoms with Crippen LogP contribution in [0, 0.1) is 0 Å². The minimum Gasteiger partial charge on any atom is -0.280 e. The van der Waals surface area contributed by atoms with Gasteiger partial charge in [-0.25, -0.2) is 4.98 Å². The average Bonchev–Trinajstić information content (AvgIpc) is 3.31. The minimum absolute atomic E-state index is 0.887. The third-order valence-electron chi connectivity index (χ3n) is 7.52. The topological polar surface area (TPSA) is 21.1 Å². The van der Waals surface area contributed by atoms with Gasteiger partial charge in [-0.1, -0.05) is 103 Å². The predicted octanol–water partition coefficient (Wildman–Crippen LogP) is 9.30. The highest BCUT2D eigenvalue weighted by Crippen LogP contribution is 2.50. The Morgan fingerprint density at radius 2 is 1.29 bits per heavy atom. The van der Waals surface area contributed by atoms with Crippen LogP contribution >= 0.6 is 0 Å². The fourth-order valence-electron chi connectivity index (χ4n) is 5.83. The summed E-state index contributed by atoms with van der Waals surface area (Å²) < 4.78 is 2.31. The largest absolute Gasteiger partial charge is 0.280 e. The van der Waals surface area contributed by atoms with Gasteiger partial charge in [0.2, 0.25) is 5.95 Å². The van der Waals surface area contributed by atoms with Crippen molar-refractivity contribution >= 4 is 39.1 Å². The number of anilines is 3. The van der Waals surface area contributed by atoms with E-state index in [1.54, 1.807) is 0 Å². The highest BCUT2D eigenvalue weighted by Gasteiger charge is 2.30. The van der Waals surface area contributed by atoms with Crippen LogP contribution in [0.4, 0.5) is 17.3 Å². The van der Waals surface area contributed by atoms with Gasteiger partial charge in [0.1, 0.15) is 0 Å². The molecule has 2 heterocycles. The van der Waals surface area contributed by atoms with Crippen molar-refractivity contribution < 1.29 is 0 Å². The summed E-state index contributed by atoms with van der Waals surface area (Å²) in [5, 5.41) is 2.46. The molecule has 8 rings (SSSR count). The summed E-state index contributed by atoms with van der Waals surface area (Å²) >= 11 is 0. The van der Waals surface area contributed by atoms with Crippen LogP contribution in [-0.2, 0) is 0 Å². The SMILES string of the molecule is c1ccc(-c2cccc(N3c4ccc5ccccc5c4-c4ccccc4-n4c3nc3ccccc34)c2)cc1. The number of rotatable bonds is 2. The zero-order chi connectivity index (χ0) is 25.1. The molecule has 1 aliphatic rings. The molecule has 0 bridgehead atoms. The van der Waals surface area contributed by atoms with E-state index in [-0.39, 0.29) is 0 Å². The highest BCUT2D eigenvalue weighted by atomic mass is 15.3. The second-order valence-electron chi connectivity index (χ2n) is 9.69. The van der Waals surface area contributed by atoms with E-state index in [2.05, 4.69) is 149 Å². The summed E-state index contributed by atoms with van der Waals surface area (Å²) in [6, 6.07) is 49.6. The molecule has 0 fully saturated rings. The Balaban J connectivity index is 1.51. The summed E-state index contributed by atoms with van der Waals surface area (Å²) in [4.78, 5) is 7.57. The molecule has 3 nitrogen and oxygen atoms in total. The van der Waals surface area contributed by atoms with E-state index < -0.39 is 0 Å². The summed E-state index contributed by atoms with van der Waals surface area (Å²) in [5.74, 6) is 0.887. The molecule has 0 saturated heterocycles. The number of fused-ring (bicyclic) bond motifs is 9. The number of para-hydroxylation sites is 3. The fourth-order valence-corrected chi connectivity index (χ4v) is 5.83. The molecule has 0 atom stereocenters. The van der Waals surface area contributed by atoms with Gasteiger partial charge < -0.3 is 0 Å². The maximum absolute atomic E-state index is 5.24. The molecular weight excluding hydrogens is 462 g/mol. The molecule has 3 heteroatoms. The van der Waals surface area contributed by atoms with Crippen molar-refractivity contribution in [2.45, 2.75) is 0 Å². The minimum atomic E-state index is 0.887. The van der Waals surface area contributed by atoms with Crippen molar-refractivity contribution in [2.24, 2.45) is 0 Å². The molecule has 0 radical (unpaired) electrons. The molecule has 0 saturated carbocycles. The lowest BCUT2D eigenvalue weighted by molar-refractivity contribution is 1.05. The quantitative estimate of drug-likeness (QED) is 0.243. The first kappa shape index (κ1) is 21.0.